The topological polar surface area (TPSA) is 39.7 Å². The first-order chi connectivity index (χ1) is 14.8. The van der Waals surface area contributed by atoms with Crippen molar-refractivity contribution >= 4 is 11.7 Å². The van der Waals surface area contributed by atoms with Crippen LogP contribution in [0.15, 0.2) is 54.7 Å². The number of pyridine rings is 1. The lowest BCUT2D eigenvalue weighted by Gasteiger charge is -2.36. The van der Waals surface area contributed by atoms with E-state index in [2.05, 4.69) is 45.1 Å². The molecule has 1 aromatic heterocycles. The Hall–Kier alpha value is -2.40. The monoisotopic (exact) mass is 406 g/mol. The van der Waals surface area contributed by atoms with Crippen molar-refractivity contribution in [1.82, 2.24) is 14.8 Å². The maximum atomic E-state index is 12.7. The molecule has 0 N–H and O–H groups in total. The van der Waals surface area contributed by atoms with Gasteiger partial charge in [-0.05, 0) is 62.4 Å². The van der Waals surface area contributed by atoms with Gasteiger partial charge in [-0.15, -0.1) is 0 Å². The van der Waals surface area contributed by atoms with Crippen LogP contribution in [0.3, 0.4) is 0 Å². The molecule has 5 nitrogen and oxygen atoms in total. The van der Waals surface area contributed by atoms with Gasteiger partial charge in [0.05, 0.1) is 0 Å². The molecule has 1 amide bonds. The first kappa shape index (κ1) is 20.9. The van der Waals surface area contributed by atoms with Crippen molar-refractivity contribution in [1.29, 1.82) is 0 Å². The molecule has 160 valence electrons. The van der Waals surface area contributed by atoms with Crippen molar-refractivity contribution in [3.05, 3.63) is 60.3 Å². The summed E-state index contributed by atoms with van der Waals surface area (Å²) in [5.41, 5.74) is 1.45. The minimum absolute atomic E-state index is 0.307. The van der Waals surface area contributed by atoms with Gasteiger partial charge < -0.3 is 14.7 Å². The van der Waals surface area contributed by atoms with Crippen LogP contribution in [-0.4, -0.2) is 66.5 Å². The maximum Gasteiger partial charge on any atom is 0.223 e. The zero-order chi connectivity index (χ0) is 20.6. The van der Waals surface area contributed by atoms with Gasteiger partial charge in [-0.1, -0.05) is 36.4 Å². The highest BCUT2D eigenvalue weighted by Gasteiger charge is 2.23. The molecule has 0 unspecified atom stereocenters. The highest BCUT2D eigenvalue weighted by molar-refractivity contribution is 5.76. The number of hydrogen-bond acceptors (Lipinski definition) is 4. The number of hydrogen-bond donors (Lipinski definition) is 0. The van der Waals surface area contributed by atoms with E-state index in [1.54, 1.807) is 0 Å². The Morgan fingerprint density at radius 1 is 0.900 bits per heavy atom. The van der Waals surface area contributed by atoms with Crippen LogP contribution in [0.4, 0.5) is 5.82 Å². The van der Waals surface area contributed by atoms with Gasteiger partial charge in [0.2, 0.25) is 5.91 Å². The number of likely N-dealkylation sites (tertiary alicyclic amines) is 1. The quantitative estimate of drug-likeness (QED) is 0.706. The minimum Gasteiger partial charge on any atom is -0.353 e. The summed E-state index contributed by atoms with van der Waals surface area (Å²) < 4.78 is 0. The van der Waals surface area contributed by atoms with Crippen molar-refractivity contribution in [3.8, 4) is 0 Å². The predicted molar refractivity (Wildman–Crippen MR) is 122 cm³/mol. The zero-order valence-electron chi connectivity index (χ0n) is 18.0. The van der Waals surface area contributed by atoms with Gasteiger partial charge in [0, 0.05) is 45.3 Å². The number of piperazine rings is 1. The average Bonchev–Trinajstić information content (AvgIpc) is 2.83. The average molecular weight is 407 g/mol. The second kappa shape index (κ2) is 10.6. The highest BCUT2D eigenvalue weighted by atomic mass is 16.2. The molecule has 2 aromatic rings. The number of aromatic nitrogens is 1. The first-order valence-corrected chi connectivity index (χ1v) is 11.5. The number of carbonyl (C=O) groups is 1. The molecule has 0 aliphatic carbocycles. The summed E-state index contributed by atoms with van der Waals surface area (Å²) in [6.07, 6.45) is 7.50. The number of amides is 1. The van der Waals surface area contributed by atoms with E-state index in [4.69, 9.17) is 0 Å². The molecule has 0 spiro atoms. The van der Waals surface area contributed by atoms with Crippen LogP contribution >= 0.6 is 0 Å². The third-order valence-electron chi connectivity index (χ3n) is 6.64. The predicted octanol–water partition coefficient (Wildman–Crippen LogP) is 3.47. The lowest BCUT2D eigenvalue weighted by molar-refractivity contribution is -0.131. The number of anilines is 1. The van der Waals surface area contributed by atoms with Crippen LogP contribution < -0.4 is 4.90 Å². The Balaban J connectivity index is 1.12. The van der Waals surface area contributed by atoms with Gasteiger partial charge in [-0.3, -0.25) is 4.79 Å². The first-order valence-electron chi connectivity index (χ1n) is 11.5. The van der Waals surface area contributed by atoms with Gasteiger partial charge in [0.1, 0.15) is 5.82 Å². The molecule has 5 heteroatoms. The van der Waals surface area contributed by atoms with E-state index >= 15 is 0 Å². The van der Waals surface area contributed by atoms with Crippen molar-refractivity contribution in [3.63, 3.8) is 0 Å². The molecule has 0 bridgehead atoms. The second-order valence-corrected chi connectivity index (χ2v) is 8.62. The van der Waals surface area contributed by atoms with E-state index in [1.165, 1.54) is 31.2 Å². The van der Waals surface area contributed by atoms with Crippen molar-refractivity contribution < 1.29 is 4.79 Å². The molecule has 2 saturated heterocycles. The van der Waals surface area contributed by atoms with Crippen molar-refractivity contribution in [2.45, 2.75) is 32.1 Å². The van der Waals surface area contributed by atoms with E-state index in [-0.39, 0.29) is 0 Å². The van der Waals surface area contributed by atoms with Gasteiger partial charge in [-0.25, -0.2) is 4.98 Å². The second-order valence-electron chi connectivity index (χ2n) is 8.62. The minimum atomic E-state index is 0.307. The van der Waals surface area contributed by atoms with Crippen LogP contribution in [0.25, 0.3) is 0 Å². The molecule has 30 heavy (non-hydrogen) atoms. The van der Waals surface area contributed by atoms with Crippen LogP contribution in [0.1, 0.15) is 31.2 Å². The SMILES string of the molecule is O=C(CCN1CCC(CCc2ccccc2)CC1)N1CCN(c2ccccn2)CC1. The number of benzene rings is 1. The molecular weight excluding hydrogens is 372 g/mol. The van der Waals surface area contributed by atoms with E-state index in [1.807, 2.05) is 29.3 Å². The Morgan fingerprint density at radius 2 is 1.63 bits per heavy atom. The number of carbonyl (C=O) groups excluding carboxylic acids is 1. The molecule has 4 rings (SSSR count). The smallest absolute Gasteiger partial charge is 0.223 e. The third kappa shape index (κ3) is 5.82. The Labute approximate surface area is 180 Å². The van der Waals surface area contributed by atoms with Gasteiger partial charge in [-0.2, -0.15) is 0 Å². The van der Waals surface area contributed by atoms with Gasteiger partial charge >= 0.3 is 0 Å². The lowest BCUT2D eigenvalue weighted by atomic mass is 9.90. The van der Waals surface area contributed by atoms with Crippen LogP contribution in [0, 0.1) is 5.92 Å². The number of piperidine rings is 1. The normalized spacial score (nSPS) is 18.5. The molecular formula is C25H34N4O. The lowest BCUT2D eigenvalue weighted by Crippen LogP contribution is -2.49. The fourth-order valence-corrected chi connectivity index (χ4v) is 4.65. The van der Waals surface area contributed by atoms with E-state index < -0.39 is 0 Å². The van der Waals surface area contributed by atoms with Crippen molar-refractivity contribution in [2.24, 2.45) is 5.92 Å². The van der Waals surface area contributed by atoms with Gasteiger partial charge in [0.15, 0.2) is 0 Å². The molecule has 2 aliphatic rings. The molecule has 3 heterocycles. The van der Waals surface area contributed by atoms with E-state index in [9.17, 15) is 4.79 Å². The Morgan fingerprint density at radius 3 is 2.33 bits per heavy atom. The summed E-state index contributed by atoms with van der Waals surface area (Å²) in [6, 6.07) is 16.8. The standard InChI is InChI=1S/C25H34N4O/c30-25(29-20-18-28(19-21-29)24-8-4-5-14-26-24)13-17-27-15-11-23(12-16-27)10-9-22-6-2-1-3-7-22/h1-8,14,23H,9-13,15-21H2. The summed E-state index contributed by atoms with van der Waals surface area (Å²) in [5.74, 6) is 2.15. The number of aryl methyl sites for hydroxylation is 1. The Kier molecular flexibility index (Phi) is 7.35. The summed E-state index contributed by atoms with van der Waals surface area (Å²) in [6.45, 7) is 6.53. The molecule has 0 saturated carbocycles. The fraction of sp³-hybridized carbons (Fsp3) is 0.520. The fourth-order valence-electron chi connectivity index (χ4n) is 4.65. The number of rotatable bonds is 7. The van der Waals surface area contributed by atoms with E-state index in [0.29, 0.717) is 12.3 Å². The van der Waals surface area contributed by atoms with Crippen molar-refractivity contribution in [2.75, 3.05) is 50.7 Å². The molecule has 0 atom stereocenters. The van der Waals surface area contributed by atoms with Gasteiger partial charge in [0.25, 0.3) is 0 Å². The summed E-state index contributed by atoms with van der Waals surface area (Å²) in [5, 5.41) is 0. The highest BCUT2D eigenvalue weighted by Crippen LogP contribution is 2.22. The van der Waals surface area contributed by atoms with Crippen LogP contribution in [0.5, 0.6) is 0 Å². The summed E-state index contributed by atoms with van der Waals surface area (Å²) in [4.78, 5) is 23.9. The summed E-state index contributed by atoms with van der Waals surface area (Å²) in [7, 11) is 0. The largest absolute Gasteiger partial charge is 0.353 e. The molecule has 2 fully saturated rings. The van der Waals surface area contributed by atoms with Crippen LogP contribution in [-0.2, 0) is 11.2 Å². The molecule has 0 radical (unpaired) electrons. The van der Waals surface area contributed by atoms with E-state index in [0.717, 1.165) is 57.5 Å². The van der Waals surface area contributed by atoms with Crippen LogP contribution in [0.2, 0.25) is 0 Å². The number of nitrogens with zero attached hydrogens (tertiary/aromatic N) is 4. The molecule has 2 aliphatic heterocycles. The maximum absolute atomic E-state index is 12.7. The Bertz CT molecular complexity index is 766. The zero-order valence-corrected chi connectivity index (χ0v) is 18.0. The summed E-state index contributed by atoms with van der Waals surface area (Å²) >= 11 is 0. The molecule has 1 aromatic carbocycles. The third-order valence-corrected chi connectivity index (χ3v) is 6.64.